The SMILES string of the molecule is CCC1CCN(c2nc(OC)nc(OC)n2)C(CN)C1. The number of ether oxygens (including phenoxy) is 2. The summed E-state index contributed by atoms with van der Waals surface area (Å²) in [6.07, 6.45) is 3.39. The lowest BCUT2D eigenvalue weighted by molar-refractivity contribution is 0.319. The quantitative estimate of drug-likeness (QED) is 0.855. The number of hydrogen-bond acceptors (Lipinski definition) is 7. The fourth-order valence-corrected chi connectivity index (χ4v) is 2.63. The van der Waals surface area contributed by atoms with E-state index < -0.39 is 0 Å². The summed E-state index contributed by atoms with van der Waals surface area (Å²) in [6, 6.07) is 0.783. The van der Waals surface area contributed by atoms with Gasteiger partial charge in [0.1, 0.15) is 0 Å². The molecule has 20 heavy (non-hydrogen) atoms. The van der Waals surface area contributed by atoms with E-state index in [9.17, 15) is 0 Å². The highest BCUT2D eigenvalue weighted by Crippen LogP contribution is 2.28. The average Bonchev–Trinajstić information content (AvgIpc) is 2.53. The highest BCUT2D eigenvalue weighted by atomic mass is 16.5. The summed E-state index contributed by atoms with van der Waals surface area (Å²) in [5.41, 5.74) is 5.91. The number of hydrogen-bond donors (Lipinski definition) is 1. The lowest BCUT2D eigenvalue weighted by Crippen LogP contribution is -2.47. The Labute approximate surface area is 119 Å². The lowest BCUT2D eigenvalue weighted by Gasteiger charge is -2.38. The molecule has 2 heterocycles. The van der Waals surface area contributed by atoms with Crippen LogP contribution in [-0.4, -0.2) is 48.3 Å². The van der Waals surface area contributed by atoms with E-state index in [1.807, 2.05) is 0 Å². The smallest absolute Gasteiger partial charge is 0.324 e. The van der Waals surface area contributed by atoms with Crippen molar-refractivity contribution in [3.05, 3.63) is 0 Å². The molecule has 1 aromatic heterocycles. The lowest BCUT2D eigenvalue weighted by atomic mass is 9.89. The zero-order valence-corrected chi connectivity index (χ0v) is 12.4. The van der Waals surface area contributed by atoms with E-state index in [0.29, 0.717) is 12.5 Å². The molecule has 1 saturated heterocycles. The van der Waals surface area contributed by atoms with E-state index in [-0.39, 0.29) is 18.1 Å². The second kappa shape index (κ2) is 6.69. The first-order chi connectivity index (χ1) is 9.71. The Balaban J connectivity index is 2.25. The topological polar surface area (TPSA) is 86.4 Å². The number of nitrogens with two attached hydrogens (primary N) is 1. The van der Waals surface area contributed by atoms with Gasteiger partial charge in [-0.1, -0.05) is 13.3 Å². The molecule has 1 aromatic rings. The number of nitrogens with zero attached hydrogens (tertiary/aromatic N) is 4. The molecule has 0 aliphatic carbocycles. The van der Waals surface area contributed by atoms with Crippen LogP contribution in [0.3, 0.4) is 0 Å². The van der Waals surface area contributed by atoms with Crippen molar-refractivity contribution in [1.82, 2.24) is 15.0 Å². The van der Waals surface area contributed by atoms with Gasteiger partial charge in [-0.2, -0.15) is 9.97 Å². The standard InChI is InChI=1S/C13H23N5O2/c1-4-9-5-6-18(10(7-9)8-14)11-15-12(19-2)17-13(16-11)20-3/h9-10H,4-8,14H2,1-3H3. The van der Waals surface area contributed by atoms with Crippen molar-refractivity contribution in [2.24, 2.45) is 11.7 Å². The summed E-state index contributed by atoms with van der Waals surface area (Å²) in [5.74, 6) is 1.31. The Morgan fingerprint density at radius 2 is 1.85 bits per heavy atom. The van der Waals surface area contributed by atoms with E-state index >= 15 is 0 Å². The van der Waals surface area contributed by atoms with E-state index in [4.69, 9.17) is 15.2 Å². The molecule has 2 atom stereocenters. The van der Waals surface area contributed by atoms with Crippen LogP contribution >= 0.6 is 0 Å². The molecule has 0 spiro atoms. The van der Waals surface area contributed by atoms with Crippen LogP contribution < -0.4 is 20.1 Å². The third-order valence-electron chi connectivity index (χ3n) is 3.88. The molecule has 112 valence electrons. The minimum absolute atomic E-state index is 0.255. The molecule has 2 N–H and O–H groups in total. The number of anilines is 1. The number of piperidine rings is 1. The summed E-state index contributed by atoms with van der Waals surface area (Å²) < 4.78 is 10.2. The minimum atomic E-state index is 0.255. The first kappa shape index (κ1) is 14.8. The molecule has 0 amide bonds. The predicted octanol–water partition coefficient (Wildman–Crippen LogP) is 0.843. The maximum Gasteiger partial charge on any atom is 0.324 e. The van der Waals surface area contributed by atoms with Gasteiger partial charge in [0.15, 0.2) is 0 Å². The molecule has 0 bridgehead atoms. The van der Waals surface area contributed by atoms with Gasteiger partial charge in [0.2, 0.25) is 5.95 Å². The van der Waals surface area contributed by atoms with Gasteiger partial charge in [0.25, 0.3) is 0 Å². The van der Waals surface area contributed by atoms with Crippen LogP contribution in [0.5, 0.6) is 12.0 Å². The molecule has 0 aromatic carbocycles. The Hall–Kier alpha value is -1.63. The maximum absolute atomic E-state index is 5.91. The maximum atomic E-state index is 5.91. The summed E-state index contributed by atoms with van der Waals surface area (Å²) in [6.45, 7) is 3.71. The van der Waals surface area contributed by atoms with E-state index in [1.54, 1.807) is 0 Å². The zero-order valence-electron chi connectivity index (χ0n) is 12.4. The second-order valence-corrected chi connectivity index (χ2v) is 4.99. The Kier molecular flexibility index (Phi) is 4.94. The van der Waals surface area contributed by atoms with Gasteiger partial charge in [-0.05, 0) is 18.8 Å². The Bertz CT molecular complexity index is 421. The van der Waals surface area contributed by atoms with Gasteiger partial charge in [-0.25, -0.2) is 0 Å². The van der Waals surface area contributed by atoms with Crippen molar-refractivity contribution >= 4 is 5.95 Å². The van der Waals surface area contributed by atoms with Crippen molar-refractivity contribution < 1.29 is 9.47 Å². The predicted molar refractivity (Wildman–Crippen MR) is 76.1 cm³/mol. The molecule has 2 rings (SSSR count). The first-order valence-electron chi connectivity index (χ1n) is 7.02. The first-order valence-corrected chi connectivity index (χ1v) is 7.02. The van der Waals surface area contributed by atoms with Crippen LogP contribution in [0.25, 0.3) is 0 Å². The van der Waals surface area contributed by atoms with E-state index in [0.717, 1.165) is 25.3 Å². The highest BCUT2D eigenvalue weighted by Gasteiger charge is 2.29. The van der Waals surface area contributed by atoms with Crippen LogP contribution in [0.4, 0.5) is 5.95 Å². The van der Waals surface area contributed by atoms with Crippen molar-refractivity contribution in [2.75, 3.05) is 32.2 Å². The normalized spacial score (nSPS) is 22.7. The molecular formula is C13H23N5O2. The summed E-state index contributed by atoms with van der Waals surface area (Å²) in [4.78, 5) is 14.8. The zero-order chi connectivity index (χ0) is 14.5. The van der Waals surface area contributed by atoms with Crippen molar-refractivity contribution in [3.63, 3.8) is 0 Å². The van der Waals surface area contributed by atoms with Crippen molar-refractivity contribution in [3.8, 4) is 12.0 Å². The number of rotatable bonds is 5. The third-order valence-corrected chi connectivity index (χ3v) is 3.88. The molecule has 7 heteroatoms. The van der Waals surface area contributed by atoms with E-state index in [2.05, 4.69) is 26.8 Å². The molecular weight excluding hydrogens is 258 g/mol. The average molecular weight is 281 g/mol. The number of aromatic nitrogens is 3. The van der Waals surface area contributed by atoms with Gasteiger partial charge < -0.3 is 20.1 Å². The van der Waals surface area contributed by atoms with Crippen LogP contribution in [-0.2, 0) is 0 Å². The molecule has 2 unspecified atom stereocenters. The molecule has 1 aliphatic rings. The van der Waals surface area contributed by atoms with Crippen molar-refractivity contribution in [1.29, 1.82) is 0 Å². The second-order valence-electron chi connectivity index (χ2n) is 4.99. The molecule has 1 fully saturated rings. The van der Waals surface area contributed by atoms with Crippen molar-refractivity contribution in [2.45, 2.75) is 32.2 Å². The monoisotopic (exact) mass is 281 g/mol. The van der Waals surface area contributed by atoms with Crippen LogP contribution in [0.1, 0.15) is 26.2 Å². The summed E-state index contributed by atoms with van der Waals surface area (Å²) >= 11 is 0. The molecule has 0 saturated carbocycles. The fourth-order valence-electron chi connectivity index (χ4n) is 2.63. The fraction of sp³-hybridized carbons (Fsp3) is 0.769. The summed E-state index contributed by atoms with van der Waals surface area (Å²) in [5, 5.41) is 0. The molecule has 7 nitrogen and oxygen atoms in total. The largest absolute Gasteiger partial charge is 0.467 e. The van der Waals surface area contributed by atoms with Gasteiger partial charge in [0.05, 0.1) is 14.2 Å². The Morgan fingerprint density at radius 3 is 2.35 bits per heavy atom. The third kappa shape index (κ3) is 3.09. The summed E-state index contributed by atoms with van der Waals surface area (Å²) in [7, 11) is 3.06. The molecule has 1 aliphatic heterocycles. The van der Waals surface area contributed by atoms with Gasteiger partial charge in [-0.15, -0.1) is 4.98 Å². The van der Waals surface area contributed by atoms with E-state index in [1.165, 1.54) is 20.6 Å². The minimum Gasteiger partial charge on any atom is -0.467 e. The Morgan fingerprint density at radius 1 is 1.20 bits per heavy atom. The van der Waals surface area contributed by atoms with Gasteiger partial charge >= 0.3 is 12.0 Å². The molecule has 0 radical (unpaired) electrons. The highest BCUT2D eigenvalue weighted by molar-refractivity contribution is 5.35. The van der Waals surface area contributed by atoms with Crippen LogP contribution in [0, 0.1) is 5.92 Å². The van der Waals surface area contributed by atoms with Crippen LogP contribution in [0.15, 0.2) is 0 Å². The number of methoxy groups -OCH3 is 2. The van der Waals surface area contributed by atoms with Gasteiger partial charge in [0, 0.05) is 19.1 Å². The van der Waals surface area contributed by atoms with Gasteiger partial charge in [-0.3, -0.25) is 0 Å². The van der Waals surface area contributed by atoms with Crippen LogP contribution in [0.2, 0.25) is 0 Å².